The predicted octanol–water partition coefficient (Wildman–Crippen LogP) is 8.78. The zero-order chi connectivity index (χ0) is 40.2. The fourth-order valence-corrected chi connectivity index (χ4v) is 8.01. The van der Waals surface area contributed by atoms with Crippen molar-refractivity contribution < 1.29 is 28.6 Å². The van der Waals surface area contributed by atoms with Crippen LogP contribution in [-0.2, 0) is 23.9 Å². The Bertz CT molecular complexity index is 2470. The molecule has 56 heavy (non-hydrogen) atoms. The third kappa shape index (κ3) is 8.91. The van der Waals surface area contributed by atoms with Gasteiger partial charge in [0.05, 0.1) is 29.9 Å². The van der Waals surface area contributed by atoms with Gasteiger partial charge in [-0.3, -0.25) is 14.7 Å². The number of rotatable bonds is 15. The molecule has 0 unspecified atom stereocenters. The number of carbonyl (C=O) groups is 1. The Morgan fingerprint density at radius 3 is 2.46 bits per heavy atom. The third-order valence-corrected chi connectivity index (χ3v) is 15.2. The Morgan fingerprint density at radius 1 is 0.982 bits per heavy atom. The molecule has 0 bridgehead atoms. The van der Waals surface area contributed by atoms with Crippen LogP contribution in [0.5, 0.6) is 11.5 Å². The van der Waals surface area contributed by atoms with Crippen molar-refractivity contribution in [2.45, 2.75) is 77.4 Å². The molecule has 0 saturated carbocycles. The molecule has 4 aromatic carbocycles. The molecule has 13 heteroatoms. The molecule has 0 aliphatic rings. The summed E-state index contributed by atoms with van der Waals surface area (Å²) in [6, 6.07) is 25.7. The summed E-state index contributed by atoms with van der Waals surface area (Å²) in [6.07, 6.45) is 0.630. The van der Waals surface area contributed by atoms with Gasteiger partial charge in [0, 0.05) is 48.3 Å². The summed E-state index contributed by atoms with van der Waals surface area (Å²) in [5.74, 6) is 0.142. The van der Waals surface area contributed by atoms with Crippen molar-refractivity contribution in [3.8, 4) is 22.6 Å². The molecule has 5 N–H and O–H groups in total. The van der Waals surface area contributed by atoms with Crippen molar-refractivity contribution in [2.24, 2.45) is 0 Å². The minimum absolute atomic E-state index is 0.00935. The fourth-order valence-electron chi connectivity index (χ4n) is 6.73. The molecule has 1 atom stereocenters. The highest BCUT2D eigenvalue weighted by molar-refractivity contribution is 6.74. The fraction of sp³-hybridized carbons (Fsp3) is 0.326. The number of carboxylic acid groups (broad SMARTS) is 1. The van der Waals surface area contributed by atoms with Crippen LogP contribution in [-0.4, -0.2) is 47.8 Å². The van der Waals surface area contributed by atoms with Crippen LogP contribution in [0.25, 0.3) is 33.1 Å². The lowest BCUT2D eigenvalue weighted by Gasteiger charge is -2.39. The molecule has 12 nitrogen and oxygen atoms in total. The van der Waals surface area contributed by atoms with Crippen LogP contribution in [0.3, 0.4) is 0 Å². The first-order chi connectivity index (χ1) is 26.6. The second kappa shape index (κ2) is 16.6. The summed E-state index contributed by atoms with van der Waals surface area (Å²) in [6.45, 7) is 12.2. The highest BCUT2D eigenvalue weighted by Crippen LogP contribution is 2.41. The van der Waals surface area contributed by atoms with E-state index >= 15 is 0 Å². The van der Waals surface area contributed by atoms with Crippen molar-refractivity contribution in [3.63, 3.8) is 0 Å². The minimum Gasteiger partial charge on any atom is -0.506 e. The smallest absolute Gasteiger partial charge is 0.419 e. The summed E-state index contributed by atoms with van der Waals surface area (Å²) in [5.41, 5.74) is 6.05. The summed E-state index contributed by atoms with van der Waals surface area (Å²) < 4.78 is 20.1. The predicted molar refractivity (Wildman–Crippen MR) is 222 cm³/mol. The molecule has 0 saturated heterocycles. The van der Waals surface area contributed by atoms with Crippen LogP contribution < -0.4 is 26.7 Å². The van der Waals surface area contributed by atoms with Crippen molar-refractivity contribution in [1.29, 1.82) is 0 Å². The third-order valence-electron chi connectivity index (χ3n) is 10.7. The second-order valence-corrected chi connectivity index (χ2v) is 20.3. The van der Waals surface area contributed by atoms with E-state index in [0.29, 0.717) is 65.9 Å². The van der Waals surface area contributed by atoms with Crippen LogP contribution in [0.4, 0.5) is 10.5 Å². The van der Waals surface area contributed by atoms with E-state index in [1.165, 1.54) is 6.07 Å². The largest absolute Gasteiger partial charge is 0.506 e. The number of fused-ring (bicyclic) bond motifs is 2. The Morgan fingerprint density at radius 2 is 1.75 bits per heavy atom. The number of nitrogens with zero attached hydrogens (tertiary/aromatic N) is 1. The minimum atomic E-state index is -2.28. The highest BCUT2D eigenvalue weighted by atomic mass is 28.4. The monoisotopic (exact) mass is 778 g/mol. The van der Waals surface area contributed by atoms with E-state index < -0.39 is 26.3 Å². The lowest BCUT2D eigenvalue weighted by molar-refractivity contribution is 0.181. The number of oxazole rings is 1. The highest BCUT2D eigenvalue weighted by Gasteiger charge is 2.39. The number of phenolic OH excluding ortho intramolecular Hbond substituents is 1. The summed E-state index contributed by atoms with van der Waals surface area (Å²) in [4.78, 5) is 39.5. The van der Waals surface area contributed by atoms with Gasteiger partial charge >= 0.3 is 11.8 Å². The van der Waals surface area contributed by atoms with Gasteiger partial charge in [-0.15, -0.1) is 0 Å². The summed E-state index contributed by atoms with van der Waals surface area (Å²) in [7, 11) is -0.689. The molecule has 0 spiro atoms. The molecule has 6 rings (SSSR count). The number of phenols is 1. The number of aromatic nitrogens is 2. The normalized spacial score (nSPS) is 12.6. The van der Waals surface area contributed by atoms with Crippen LogP contribution in [0.15, 0.2) is 98.9 Å². The lowest BCUT2D eigenvalue weighted by Crippen LogP contribution is -2.43. The summed E-state index contributed by atoms with van der Waals surface area (Å²) >= 11 is 0. The Balaban J connectivity index is 1.16. The number of benzene rings is 4. The van der Waals surface area contributed by atoms with Crippen LogP contribution in [0, 0.1) is 0 Å². The average Bonchev–Trinajstić information content (AvgIpc) is 3.45. The Labute approximate surface area is 326 Å². The van der Waals surface area contributed by atoms with Gasteiger partial charge in [0.1, 0.15) is 11.5 Å². The molecule has 0 radical (unpaired) electrons. The number of aromatic amines is 1. The van der Waals surface area contributed by atoms with E-state index in [1.54, 1.807) is 23.8 Å². The van der Waals surface area contributed by atoms with Crippen LogP contribution in [0.1, 0.15) is 56.4 Å². The number of aryl methyl sites for hydroxylation is 2. The molecule has 294 valence electrons. The average molecular weight is 779 g/mol. The van der Waals surface area contributed by atoms with E-state index in [1.807, 2.05) is 66.7 Å². The first-order valence-corrected chi connectivity index (χ1v) is 21.7. The SMILES string of the molecule is COc1cc2c(cc1CNC[C@H](O[Si](C)(C)C(C)(C)C)c1ccc(O)c3[nH]c(=O)ccc13)oc(=O)n2CCCCc1ccc(-c2ccccc2)c(NC(=O)O)c1. The number of hydrogen-bond donors (Lipinski definition) is 5. The molecular weight excluding hydrogens is 729 g/mol. The molecule has 2 heterocycles. The first kappa shape index (κ1) is 40.0. The molecule has 1 amide bonds. The van der Waals surface area contributed by atoms with Gasteiger partial charge in [-0.25, -0.2) is 9.59 Å². The van der Waals surface area contributed by atoms with E-state index in [0.717, 1.165) is 34.2 Å². The number of hydrogen-bond acceptors (Lipinski definition) is 8. The molecule has 0 aliphatic heterocycles. The Kier molecular flexibility index (Phi) is 11.9. The second-order valence-electron chi connectivity index (χ2n) is 15.6. The number of aromatic hydroxyl groups is 1. The standard InChI is InChI=1S/C43H50N4O8Si/c1-43(2,3)56(5,6)55-38(31-17-19-35(48)40-32(31)18-20-39(49)46-40)26-44-25-29-23-37-34(24-36(29)53-4)47(42(52)54-37)21-11-10-12-27-15-16-30(28-13-8-7-9-14-28)33(22-27)45-41(50)51/h7-9,13-20,22-24,38,44-45,48H,10-12,21,25-26H2,1-6H3,(H,46,49)(H,50,51)/t38-/m0/s1. The van der Waals surface area contributed by atoms with E-state index in [4.69, 9.17) is 13.6 Å². The number of ether oxygens (including phenoxy) is 1. The van der Waals surface area contributed by atoms with Gasteiger partial charge in [0.2, 0.25) is 5.56 Å². The van der Waals surface area contributed by atoms with E-state index in [-0.39, 0.29) is 16.3 Å². The Hall–Kier alpha value is -5.63. The summed E-state index contributed by atoms with van der Waals surface area (Å²) in [5, 5.41) is 26.7. The van der Waals surface area contributed by atoms with Crippen molar-refractivity contribution >= 4 is 42.1 Å². The van der Waals surface area contributed by atoms with Gasteiger partial charge < -0.3 is 34.1 Å². The van der Waals surface area contributed by atoms with E-state index in [9.17, 15) is 24.6 Å². The number of methoxy groups -OCH3 is 1. The van der Waals surface area contributed by atoms with Gasteiger partial charge in [-0.05, 0) is 78.4 Å². The number of unbranched alkanes of at least 4 members (excludes halogenated alkanes) is 1. The molecule has 0 aliphatic carbocycles. The van der Waals surface area contributed by atoms with Gasteiger partial charge in [-0.1, -0.05) is 69.3 Å². The maximum Gasteiger partial charge on any atom is 0.419 e. The number of amides is 1. The maximum atomic E-state index is 13.1. The zero-order valence-corrected chi connectivity index (χ0v) is 33.7. The molecular formula is C43H50N4O8Si. The van der Waals surface area contributed by atoms with E-state index in [2.05, 4.69) is 49.5 Å². The number of pyridine rings is 1. The van der Waals surface area contributed by atoms with Crippen LogP contribution >= 0.6 is 0 Å². The molecule has 2 aromatic heterocycles. The number of H-pyrrole nitrogens is 1. The molecule has 0 fully saturated rings. The van der Waals surface area contributed by atoms with Crippen molar-refractivity contribution in [1.82, 2.24) is 14.9 Å². The number of anilines is 1. The quantitative estimate of drug-likeness (QED) is 0.0506. The van der Waals surface area contributed by atoms with Crippen molar-refractivity contribution in [3.05, 3.63) is 123 Å². The zero-order valence-electron chi connectivity index (χ0n) is 32.7. The number of nitrogens with one attached hydrogen (secondary N) is 3. The van der Waals surface area contributed by atoms with Gasteiger partial charge in [-0.2, -0.15) is 0 Å². The van der Waals surface area contributed by atoms with Gasteiger partial charge in [0.25, 0.3) is 0 Å². The lowest BCUT2D eigenvalue weighted by atomic mass is 9.99. The topological polar surface area (TPSA) is 168 Å². The van der Waals surface area contributed by atoms with Crippen LogP contribution in [0.2, 0.25) is 18.1 Å². The molecule has 6 aromatic rings. The van der Waals surface area contributed by atoms with Crippen molar-refractivity contribution in [2.75, 3.05) is 19.0 Å². The van der Waals surface area contributed by atoms with Gasteiger partial charge in [0.15, 0.2) is 13.9 Å². The maximum absolute atomic E-state index is 13.1. The first-order valence-electron chi connectivity index (χ1n) is 18.8.